The van der Waals surface area contributed by atoms with E-state index >= 15 is 0 Å². The zero-order chi connectivity index (χ0) is 12.4. The third-order valence-corrected chi connectivity index (χ3v) is 1.61. The van der Waals surface area contributed by atoms with Gasteiger partial charge in [0, 0.05) is 0 Å². The molecule has 8 heteroatoms. The van der Waals surface area contributed by atoms with Crippen LogP contribution in [0.3, 0.4) is 0 Å². The second-order valence-corrected chi connectivity index (χ2v) is 2.78. The topological polar surface area (TPSA) is 0 Å². The summed E-state index contributed by atoms with van der Waals surface area (Å²) in [5.41, 5.74) is 0. The molecule has 91 valence electrons. The van der Waals surface area contributed by atoms with Gasteiger partial charge in [-0.1, -0.05) is 6.92 Å². The fourth-order valence-corrected chi connectivity index (χ4v) is 0.726. The third kappa shape index (κ3) is 3.20. The molecule has 0 rings (SSSR count). The Kier molecular flexibility index (Phi) is 4.36. The van der Waals surface area contributed by atoms with Gasteiger partial charge in [-0.15, -0.1) is 0 Å². The maximum Gasteiger partial charge on any atom is 0.422 e. The highest BCUT2D eigenvalue weighted by atomic mass is 19.4. The first-order chi connectivity index (χ1) is 6.55. The first kappa shape index (κ1) is 14.4. The Balaban J connectivity index is 4.76. The molecule has 0 aromatic heterocycles. The van der Waals surface area contributed by atoms with E-state index in [-0.39, 0.29) is 0 Å². The standard InChI is InChI=1S/C7H7F8/c1-2-3(8)6(11,12)4(9)5(10)7(13,14)15/h3-5H,1-2H2/t3?,4?,5-/m0/s1. The number of halogens is 8. The molecule has 2 unspecified atom stereocenters. The molecule has 3 atom stereocenters. The molecule has 0 amide bonds. The zero-order valence-electron chi connectivity index (χ0n) is 7.17. The lowest BCUT2D eigenvalue weighted by atomic mass is 10.0. The summed E-state index contributed by atoms with van der Waals surface area (Å²) in [6.07, 6.45) is -18.9. The molecule has 0 nitrogen and oxygen atoms in total. The van der Waals surface area contributed by atoms with Gasteiger partial charge in [0.2, 0.25) is 12.3 Å². The lowest BCUT2D eigenvalue weighted by Gasteiger charge is -2.26. The highest BCUT2D eigenvalue weighted by Gasteiger charge is 2.59. The Morgan fingerprint density at radius 3 is 1.53 bits per heavy atom. The van der Waals surface area contributed by atoms with Gasteiger partial charge in [0.1, 0.15) is 0 Å². The van der Waals surface area contributed by atoms with Crippen molar-refractivity contribution in [2.24, 2.45) is 0 Å². The predicted molar refractivity (Wildman–Crippen MR) is 35.7 cm³/mol. The molecule has 1 radical (unpaired) electrons. The summed E-state index contributed by atoms with van der Waals surface area (Å²) >= 11 is 0. The lowest BCUT2D eigenvalue weighted by molar-refractivity contribution is -0.236. The van der Waals surface area contributed by atoms with Crippen molar-refractivity contribution in [1.29, 1.82) is 0 Å². The average Bonchev–Trinajstić information content (AvgIpc) is 2.12. The predicted octanol–water partition coefficient (Wildman–Crippen LogP) is 3.42. The van der Waals surface area contributed by atoms with E-state index in [9.17, 15) is 35.1 Å². The molecule has 15 heavy (non-hydrogen) atoms. The van der Waals surface area contributed by atoms with E-state index in [0.717, 1.165) is 0 Å². The summed E-state index contributed by atoms with van der Waals surface area (Å²) in [5.74, 6) is -5.04. The van der Waals surface area contributed by atoms with Crippen molar-refractivity contribution in [2.45, 2.75) is 37.0 Å². The summed E-state index contributed by atoms with van der Waals surface area (Å²) in [7, 11) is 0. The van der Waals surface area contributed by atoms with E-state index in [1.165, 1.54) is 0 Å². The van der Waals surface area contributed by atoms with Crippen molar-refractivity contribution in [3.63, 3.8) is 0 Å². The Morgan fingerprint density at radius 2 is 1.27 bits per heavy atom. The van der Waals surface area contributed by atoms with Gasteiger partial charge < -0.3 is 0 Å². The zero-order valence-corrected chi connectivity index (χ0v) is 7.17. The second kappa shape index (κ2) is 4.52. The van der Waals surface area contributed by atoms with Crippen molar-refractivity contribution >= 4 is 0 Å². The first-order valence-electron chi connectivity index (χ1n) is 3.71. The first-order valence-corrected chi connectivity index (χ1v) is 3.71. The van der Waals surface area contributed by atoms with Crippen LogP contribution in [0.5, 0.6) is 0 Å². The van der Waals surface area contributed by atoms with Crippen molar-refractivity contribution < 1.29 is 35.1 Å². The maximum absolute atomic E-state index is 12.5. The van der Waals surface area contributed by atoms with Crippen molar-refractivity contribution in [1.82, 2.24) is 0 Å². The van der Waals surface area contributed by atoms with Crippen LogP contribution in [0.25, 0.3) is 0 Å². The van der Waals surface area contributed by atoms with E-state index in [2.05, 4.69) is 6.92 Å². The third-order valence-electron chi connectivity index (χ3n) is 1.61. The molecule has 0 aliphatic heterocycles. The maximum atomic E-state index is 12.5. The minimum Gasteiger partial charge on any atom is -0.241 e. The smallest absolute Gasteiger partial charge is 0.241 e. The van der Waals surface area contributed by atoms with E-state index in [1.807, 2.05) is 0 Å². The Hall–Kier alpha value is -0.560. The van der Waals surface area contributed by atoms with Crippen LogP contribution in [-0.4, -0.2) is 30.6 Å². The average molecular weight is 243 g/mol. The molecule has 0 aliphatic rings. The van der Waals surface area contributed by atoms with E-state index in [4.69, 9.17) is 0 Å². The summed E-state index contributed by atoms with van der Waals surface area (Å²) in [6, 6.07) is 0. The van der Waals surface area contributed by atoms with Gasteiger partial charge in [-0.05, 0) is 6.42 Å². The van der Waals surface area contributed by atoms with Crippen LogP contribution in [0, 0.1) is 6.92 Å². The molecule has 0 spiro atoms. The molecule has 0 aliphatic carbocycles. The summed E-state index contributed by atoms with van der Waals surface area (Å²) in [6.45, 7) is 2.63. The lowest BCUT2D eigenvalue weighted by Crippen LogP contribution is -2.49. The second-order valence-electron chi connectivity index (χ2n) is 2.78. The molecular weight excluding hydrogens is 236 g/mol. The van der Waals surface area contributed by atoms with E-state index < -0.39 is 37.0 Å². The van der Waals surface area contributed by atoms with Gasteiger partial charge in [0.25, 0.3) is 0 Å². The summed E-state index contributed by atoms with van der Waals surface area (Å²) in [5, 5.41) is 0. The van der Waals surface area contributed by atoms with Gasteiger partial charge in [-0.3, -0.25) is 0 Å². The Labute approximate surface area is 80.3 Å². The fraction of sp³-hybridized carbons (Fsp3) is 0.857. The quantitative estimate of drug-likeness (QED) is 0.663. The van der Waals surface area contributed by atoms with Gasteiger partial charge in [0.05, 0.1) is 0 Å². The molecule has 0 saturated carbocycles. The number of alkyl halides is 8. The van der Waals surface area contributed by atoms with Crippen LogP contribution >= 0.6 is 0 Å². The van der Waals surface area contributed by atoms with Crippen LogP contribution in [0.1, 0.15) is 6.42 Å². The summed E-state index contributed by atoms with van der Waals surface area (Å²) in [4.78, 5) is 0. The van der Waals surface area contributed by atoms with Crippen LogP contribution in [0.4, 0.5) is 35.1 Å². The van der Waals surface area contributed by atoms with Crippen LogP contribution in [-0.2, 0) is 0 Å². The fourth-order valence-electron chi connectivity index (χ4n) is 0.726. The molecule has 0 aromatic rings. The molecule has 0 N–H and O–H groups in total. The summed E-state index contributed by atoms with van der Waals surface area (Å²) < 4.78 is 96.3. The highest BCUT2D eigenvalue weighted by Crippen LogP contribution is 2.38. The Morgan fingerprint density at radius 1 is 0.867 bits per heavy atom. The monoisotopic (exact) mass is 243 g/mol. The Bertz CT molecular complexity index is 198. The van der Waals surface area contributed by atoms with Crippen molar-refractivity contribution in [3.8, 4) is 0 Å². The van der Waals surface area contributed by atoms with E-state index in [0.29, 0.717) is 0 Å². The normalized spacial score (nSPS) is 19.8. The molecule has 0 bridgehead atoms. The largest absolute Gasteiger partial charge is 0.422 e. The van der Waals surface area contributed by atoms with Crippen molar-refractivity contribution in [2.75, 3.05) is 0 Å². The highest BCUT2D eigenvalue weighted by molar-refractivity contribution is 4.92. The molecule has 0 aromatic carbocycles. The van der Waals surface area contributed by atoms with Crippen molar-refractivity contribution in [3.05, 3.63) is 6.92 Å². The van der Waals surface area contributed by atoms with Gasteiger partial charge >= 0.3 is 12.1 Å². The number of hydrogen-bond donors (Lipinski definition) is 0. The van der Waals surface area contributed by atoms with Gasteiger partial charge in [0.15, 0.2) is 6.17 Å². The molecule has 0 saturated heterocycles. The van der Waals surface area contributed by atoms with Crippen LogP contribution in [0.15, 0.2) is 0 Å². The van der Waals surface area contributed by atoms with E-state index in [1.54, 1.807) is 0 Å². The SMILES string of the molecule is [CH2]CC(F)C(F)(F)C(F)[C@H](F)C(F)(F)F. The van der Waals surface area contributed by atoms with Crippen LogP contribution in [0.2, 0.25) is 0 Å². The van der Waals surface area contributed by atoms with Crippen LogP contribution < -0.4 is 0 Å². The number of rotatable bonds is 4. The van der Waals surface area contributed by atoms with Gasteiger partial charge in [-0.25, -0.2) is 22.0 Å². The molecular formula is C7H7F8. The minimum atomic E-state index is -5.79. The molecule has 0 heterocycles. The minimum absolute atomic E-state index is 1.15. The van der Waals surface area contributed by atoms with Gasteiger partial charge in [-0.2, -0.15) is 13.2 Å². The molecule has 0 fully saturated rings. The number of hydrogen-bond acceptors (Lipinski definition) is 0.